The monoisotopic (exact) mass is 360 g/mol. The summed E-state index contributed by atoms with van der Waals surface area (Å²) in [7, 11) is 1.68. The number of benzene rings is 3. The van der Waals surface area contributed by atoms with E-state index in [1.54, 1.807) is 19.2 Å². The van der Waals surface area contributed by atoms with Gasteiger partial charge in [-0.15, -0.1) is 0 Å². The molecule has 0 heterocycles. The first kappa shape index (κ1) is 18.7. The number of carbonyl (C=O) groups is 1. The first-order chi connectivity index (χ1) is 13.0. The van der Waals surface area contributed by atoms with Crippen LogP contribution in [0.1, 0.15) is 45.5 Å². The van der Waals surface area contributed by atoms with E-state index in [2.05, 4.69) is 25.1 Å². The maximum Gasteiger partial charge on any atom is 0.343 e. The smallest absolute Gasteiger partial charge is 0.343 e. The average molecular weight is 360 g/mol. The normalized spacial score (nSPS) is 11.7. The summed E-state index contributed by atoms with van der Waals surface area (Å²) in [6.45, 7) is 6.18. The number of ether oxygens (including phenoxy) is 2. The Kier molecular flexibility index (Phi) is 5.60. The highest BCUT2D eigenvalue weighted by atomic mass is 16.5. The molecule has 1 unspecified atom stereocenters. The van der Waals surface area contributed by atoms with E-state index in [1.807, 2.05) is 50.2 Å². The molecule has 138 valence electrons. The third kappa shape index (κ3) is 4.20. The molecular formula is C24H24O3. The second-order valence-electron chi connectivity index (χ2n) is 6.73. The number of methoxy groups -OCH3 is 1. The Morgan fingerprint density at radius 1 is 0.815 bits per heavy atom. The van der Waals surface area contributed by atoms with Crippen molar-refractivity contribution in [3.8, 4) is 11.5 Å². The summed E-state index contributed by atoms with van der Waals surface area (Å²) < 4.78 is 10.9. The fourth-order valence-electron chi connectivity index (χ4n) is 3.15. The zero-order valence-electron chi connectivity index (χ0n) is 16.2. The standard InChI is InChI=1S/C24H24O3/c1-16-14-20(10-12-22(16)26-4)18(3)21-11-13-23(17(2)15-21)27-24(25)19-8-6-5-7-9-19/h5-15,18H,1-4H3. The Morgan fingerprint density at radius 2 is 1.37 bits per heavy atom. The molecule has 0 aliphatic rings. The molecule has 0 bridgehead atoms. The van der Waals surface area contributed by atoms with Crippen LogP contribution in [0.4, 0.5) is 0 Å². The second-order valence-corrected chi connectivity index (χ2v) is 6.73. The van der Waals surface area contributed by atoms with Crippen LogP contribution < -0.4 is 9.47 Å². The van der Waals surface area contributed by atoms with Crippen LogP contribution in [0.5, 0.6) is 11.5 Å². The Morgan fingerprint density at radius 3 is 1.89 bits per heavy atom. The molecule has 0 N–H and O–H groups in total. The van der Waals surface area contributed by atoms with E-state index >= 15 is 0 Å². The summed E-state index contributed by atoms with van der Waals surface area (Å²) in [5, 5.41) is 0. The molecule has 0 radical (unpaired) electrons. The van der Waals surface area contributed by atoms with E-state index in [9.17, 15) is 4.79 Å². The molecule has 0 aliphatic heterocycles. The Hall–Kier alpha value is -3.07. The van der Waals surface area contributed by atoms with Gasteiger partial charge in [-0.25, -0.2) is 4.79 Å². The number of aryl methyl sites for hydroxylation is 2. The quantitative estimate of drug-likeness (QED) is 0.433. The molecular weight excluding hydrogens is 336 g/mol. The van der Waals surface area contributed by atoms with Crippen LogP contribution in [0.2, 0.25) is 0 Å². The van der Waals surface area contributed by atoms with Gasteiger partial charge in [-0.1, -0.05) is 49.4 Å². The van der Waals surface area contributed by atoms with Crippen molar-refractivity contribution in [1.29, 1.82) is 0 Å². The molecule has 3 aromatic carbocycles. The predicted octanol–water partition coefficient (Wildman–Crippen LogP) is 5.68. The fourth-order valence-corrected chi connectivity index (χ4v) is 3.15. The van der Waals surface area contributed by atoms with Gasteiger partial charge in [0, 0.05) is 5.92 Å². The molecule has 0 aliphatic carbocycles. The molecule has 0 spiro atoms. The van der Waals surface area contributed by atoms with E-state index in [0.29, 0.717) is 11.3 Å². The van der Waals surface area contributed by atoms with Crippen LogP contribution in [0.15, 0.2) is 66.7 Å². The molecule has 3 aromatic rings. The van der Waals surface area contributed by atoms with Gasteiger partial charge in [0.05, 0.1) is 12.7 Å². The first-order valence-corrected chi connectivity index (χ1v) is 9.02. The molecule has 0 aromatic heterocycles. The lowest BCUT2D eigenvalue weighted by atomic mass is 9.91. The molecule has 0 amide bonds. The molecule has 3 heteroatoms. The minimum atomic E-state index is -0.342. The van der Waals surface area contributed by atoms with Crippen molar-refractivity contribution in [3.05, 3.63) is 94.5 Å². The molecule has 3 nitrogen and oxygen atoms in total. The van der Waals surface area contributed by atoms with Crippen molar-refractivity contribution < 1.29 is 14.3 Å². The van der Waals surface area contributed by atoms with Crippen molar-refractivity contribution in [2.75, 3.05) is 7.11 Å². The molecule has 0 fully saturated rings. The lowest BCUT2D eigenvalue weighted by Gasteiger charge is -2.16. The van der Waals surface area contributed by atoms with Gasteiger partial charge in [0.2, 0.25) is 0 Å². The lowest BCUT2D eigenvalue weighted by Crippen LogP contribution is -2.09. The highest BCUT2D eigenvalue weighted by Crippen LogP contribution is 2.31. The van der Waals surface area contributed by atoms with Gasteiger partial charge >= 0.3 is 5.97 Å². The van der Waals surface area contributed by atoms with Gasteiger partial charge in [-0.05, 0) is 60.4 Å². The highest BCUT2D eigenvalue weighted by Gasteiger charge is 2.14. The summed E-state index contributed by atoms with van der Waals surface area (Å²) in [6.07, 6.45) is 0. The van der Waals surface area contributed by atoms with Crippen molar-refractivity contribution in [2.45, 2.75) is 26.7 Å². The number of hydrogen-bond acceptors (Lipinski definition) is 3. The van der Waals surface area contributed by atoms with Crippen LogP contribution in [0.3, 0.4) is 0 Å². The molecule has 0 saturated heterocycles. The van der Waals surface area contributed by atoms with E-state index in [0.717, 1.165) is 16.9 Å². The zero-order valence-corrected chi connectivity index (χ0v) is 16.2. The third-order valence-corrected chi connectivity index (χ3v) is 4.83. The maximum absolute atomic E-state index is 12.3. The fraction of sp³-hybridized carbons (Fsp3) is 0.208. The molecule has 0 saturated carbocycles. The maximum atomic E-state index is 12.3. The van der Waals surface area contributed by atoms with Gasteiger partial charge in [-0.3, -0.25) is 0 Å². The SMILES string of the molecule is COc1ccc(C(C)c2ccc(OC(=O)c3ccccc3)c(C)c2)cc1C. The third-order valence-electron chi connectivity index (χ3n) is 4.83. The van der Waals surface area contributed by atoms with Gasteiger partial charge in [0.1, 0.15) is 11.5 Å². The van der Waals surface area contributed by atoms with Crippen molar-refractivity contribution >= 4 is 5.97 Å². The van der Waals surface area contributed by atoms with Gasteiger partial charge in [0.15, 0.2) is 0 Å². The predicted molar refractivity (Wildman–Crippen MR) is 108 cm³/mol. The van der Waals surface area contributed by atoms with Crippen LogP contribution in [-0.2, 0) is 0 Å². The Balaban J connectivity index is 1.80. The molecule has 1 atom stereocenters. The number of esters is 1. The lowest BCUT2D eigenvalue weighted by molar-refractivity contribution is 0.0733. The van der Waals surface area contributed by atoms with E-state index in [-0.39, 0.29) is 11.9 Å². The van der Waals surface area contributed by atoms with Gasteiger partial charge in [-0.2, -0.15) is 0 Å². The van der Waals surface area contributed by atoms with Crippen LogP contribution in [-0.4, -0.2) is 13.1 Å². The number of carbonyl (C=O) groups excluding carboxylic acids is 1. The topological polar surface area (TPSA) is 35.5 Å². The van der Waals surface area contributed by atoms with Crippen molar-refractivity contribution in [1.82, 2.24) is 0 Å². The summed E-state index contributed by atoms with van der Waals surface area (Å²) in [5.74, 6) is 1.37. The van der Waals surface area contributed by atoms with E-state index in [1.165, 1.54) is 11.1 Å². The first-order valence-electron chi connectivity index (χ1n) is 9.02. The minimum absolute atomic E-state index is 0.229. The average Bonchev–Trinajstić information content (AvgIpc) is 2.69. The summed E-state index contributed by atoms with van der Waals surface area (Å²) >= 11 is 0. The highest BCUT2D eigenvalue weighted by molar-refractivity contribution is 5.91. The minimum Gasteiger partial charge on any atom is -0.496 e. The summed E-state index contributed by atoms with van der Waals surface area (Å²) in [4.78, 5) is 12.3. The molecule has 27 heavy (non-hydrogen) atoms. The van der Waals surface area contributed by atoms with Crippen LogP contribution >= 0.6 is 0 Å². The number of hydrogen-bond donors (Lipinski definition) is 0. The number of rotatable bonds is 5. The van der Waals surface area contributed by atoms with Crippen LogP contribution in [0, 0.1) is 13.8 Å². The van der Waals surface area contributed by atoms with E-state index in [4.69, 9.17) is 9.47 Å². The second kappa shape index (κ2) is 8.09. The Bertz CT molecular complexity index is 945. The zero-order chi connectivity index (χ0) is 19.4. The van der Waals surface area contributed by atoms with Gasteiger partial charge in [0.25, 0.3) is 0 Å². The van der Waals surface area contributed by atoms with Crippen molar-refractivity contribution in [3.63, 3.8) is 0 Å². The summed E-state index contributed by atoms with van der Waals surface area (Å²) in [5.41, 5.74) is 5.00. The van der Waals surface area contributed by atoms with E-state index < -0.39 is 0 Å². The van der Waals surface area contributed by atoms with Gasteiger partial charge < -0.3 is 9.47 Å². The van der Waals surface area contributed by atoms with Crippen LogP contribution in [0.25, 0.3) is 0 Å². The van der Waals surface area contributed by atoms with Crippen molar-refractivity contribution in [2.24, 2.45) is 0 Å². The molecule has 3 rings (SSSR count). The Labute approximate surface area is 160 Å². The largest absolute Gasteiger partial charge is 0.496 e. The summed E-state index contributed by atoms with van der Waals surface area (Å²) in [6, 6.07) is 21.2.